The van der Waals surface area contributed by atoms with Crippen LogP contribution in [0.2, 0.25) is 0 Å². The summed E-state index contributed by atoms with van der Waals surface area (Å²) in [5.74, 6) is 0.574. The van der Waals surface area contributed by atoms with Crippen molar-refractivity contribution in [2.24, 2.45) is 0 Å². The number of ether oxygens (including phenoxy) is 1. The molecule has 5 heteroatoms. The molecule has 0 aliphatic heterocycles. The quantitative estimate of drug-likeness (QED) is 0.885. The van der Waals surface area contributed by atoms with Gasteiger partial charge in [0, 0.05) is 11.8 Å². The van der Waals surface area contributed by atoms with Gasteiger partial charge in [-0.1, -0.05) is 12.1 Å². The van der Waals surface area contributed by atoms with Crippen LogP contribution in [0.15, 0.2) is 41.0 Å². The minimum absolute atomic E-state index is 0.254. The maximum absolute atomic E-state index is 8.92. The number of halogens is 1. The van der Waals surface area contributed by atoms with Crippen molar-refractivity contribution in [3.05, 3.63) is 52.3 Å². The van der Waals surface area contributed by atoms with E-state index in [1.54, 1.807) is 24.4 Å². The van der Waals surface area contributed by atoms with Crippen LogP contribution < -0.4 is 10.5 Å². The van der Waals surface area contributed by atoms with Crippen LogP contribution in [-0.4, -0.2) is 4.98 Å². The van der Waals surface area contributed by atoms with Gasteiger partial charge in [-0.3, -0.25) is 0 Å². The molecule has 0 fully saturated rings. The predicted molar refractivity (Wildman–Crippen MR) is 71.8 cm³/mol. The Kier molecular flexibility index (Phi) is 3.80. The van der Waals surface area contributed by atoms with E-state index in [1.165, 1.54) is 0 Å². The molecule has 90 valence electrons. The fourth-order valence-electron chi connectivity index (χ4n) is 1.48. The molecule has 0 saturated carbocycles. The lowest BCUT2D eigenvalue weighted by molar-refractivity contribution is 0.305. The van der Waals surface area contributed by atoms with Gasteiger partial charge in [0.1, 0.15) is 18.4 Å². The van der Waals surface area contributed by atoms with Crippen LogP contribution in [0.1, 0.15) is 11.3 Å². The Morgan fingerprint density at radius 1 is 1.33 bits per heavy atom. The number of pyridine rings is 1. The Balaban J connectivity index is 2.20. The lowest BCUT2D eigenvalue weighted by Gasteiger charge is -2.11. The number of nitrogen functional groups attached to an aromatic ring is 1. The Labute approximate surface area is 113 Å². The van der Waals surface area contributed by atoms with Gasteiger partial charge in [-0.25, -0.2) is 4.98 Å². The summed E-state index contributed by atoms with van der Waals surface area (Å²) in [5, 5.41) is 8.92. The van der Waals surface area contributed by atoms with Crippen LogP contribution in [-0.2, 0) is 6.61 Å². The van der Waals surface area contributed by atoms with Gasteiger partial charge in [0.05, 0.1) is 10.2 Å². The maximum atomic E-state index is 8.92. The van der Waals surface area contributed by atoms with Crippen molar-refractivity contribution in [3.63, 3.8) is 0 Å². The zero-order valence-corrected chi connectivity index (χ0v) is 11.0. The first-order valence-electron chi connectivity index (χ1n) is 5.23. The van der Waals surface area contributed by atoms with E-state index in [-0.39, 0.29) is 6.61 Å². The standard InChI is InChI=1S/C13H10BrN3O/c14-10-4-1-5-11(16)13(10)18-8-9-3-2-6-17-12(9)7-15/h1-6H,8,16H2. The van der Waals surface area contributed by atoms with E-state index in [9.17, 15) is 0 Å². The minimum Gasteiger partial charge on any atom is -0.485 e. The number of nitrogens with zero attached hydrogens (tertiary/aromatic N) is 2. The molecule has 0 atom stereocenters. The van der Waals surface area contributed by atoms with Crippen LogP contribution in [0.3, 0.4) is 0 Å². The number of anilines is 1. The molecule has 0 unspecified atom stereocenters. The van der Waals surface area contributed by atoms with Crippen LogP contribution >= 0.6 is 15.9 Å². The molecule has 18 heavy (non-hydrogen) atoms. The lowest BCUT2D eigenvalue weighted by atomic mass is 10.2. The normalized spacial score (nSPS) is 9.78. The molecule has 0 saturated heterocycles. The molecule has 0 amide bonds. The van der Waals surface area contributed by atoms with Crippen molar-refractivity contribution in [1.82, 2.24) is 4.98 Å². The Hall–Kier alpha value is -2.06. The Bertz CT molecular complexity index is 587. The second-order valence-electron chi connectivity index (χ2n) is 3.57. The monoisotopic (exact) mass is 303 g/mol. The van der Waals surface area contributed by atoms with E-state index < -0.39 is 0 Å². The first-order valence-corrected chi connectivity index (χ1v) is 6.02. The van der Waals surface area contributed by atoms with Gasteiger partial charge in [0.2, 0.25) is 0 Å². The molecule has 2 aromatic rings. The van der Waals surface area contributed by atoms with Gasteiger partial charge in [-0.05, 0) is 34.1 Å². The van der Waals surface area contributed by atoms with E-state index in [1.807, 2.05) is 18.2 Å². The number of benzene rings is 1. The largest absolute Gasteiger partial charge is 0.485 e. The molecule has 0 aliphatic rings. The lowest BCUT2D eigenvalue weighted by Crippen LogP contribution is -2.02. The molecule has 1 aromatic carbocycles. The van der Waals surface area contributed by atoms with Gasteiger partial charge in [0.15, 0.2) is 5.75 Å². The molecule has 2 rings (SSSR count). The average Bonchev–Trinajstić information content (AvgIpc) is 2.38. The first kappa shape index (κ1) is 12.4. The van der Waals surface area contributed by atoms with Gasteiger partial charge < -0.3 is 10.5 Å². The number of rotatable bonds is 3. The Morgan fingerprint density at radius 3 is 2.89 bits per heavy atom. The van der Waals surface area contributed by atoms with E-state index in [0.29, 0.717) is 17.1 Å². The first-order chi connectivity index (χ1) is 8.72. The topological polar surface area (TPSA) is 71.9 Å². The predicted octanol–water partition coefficient (Wildman–Crippen LogP) is 2.88. The highest BCUT2D eigenvalue weighted by atomic mass is 79.9. The minimum atomic E-state index is 0.254. The number of aromatic nitrogens is 1. The van der Waals surface area contributed by atoms with Crippen LogP contribution in [0.25, 0.3) is 0 Å². The van der Waals surface area contributed by atoms with E-state index in [4.69, 9.17) is 15.7 Å². The van der Waals surface area contributed by atoms with Crippen LogP contribution in [0.4, 0.5) is 5.69 Å². The fourth-order valence-corrected chi connectivity index (χ4v) is 1.98. The number of hydrogen-bond donors (Lipinski definition) is 1. The molecule has 1 heterocycles. The zero-order valence-electron chi connectivity index (χ0n) is 9.43. The summed E-state index contributed by atoms with van der Waals surface area (Å²) in [6.07, 6.45) is 1.58. The van der Waals surface area contributed by atoms with E-state index in [2.05, 4.69) is 20.9 Å². The molecule has 0 aliphatic carbocycles. The van der Waals surface area contributed by atoms with Gasteiger partial charge >= 0.3 is 0 Å². The van der Waals surface area contributed by atoms with E-state index >= 15 is 0 Å². The third-order valence-corrected chi connectivity index (χ3v) is 2.99. The summed E-state index contributed by atoms with van der Waals surface area (Å²) >= 11 is 3.37. The summed E-state index contributed by atoms with van der Waals surface area (Å²) in [6.45, 7) is 0.254. The summed E-state index contributed by atoms with van der Waals surface area (Å²) in [6, 6.07) is 11.0. The average molecular weight is 304 g/mol. The smallest absolute Gasteiger partial charge is 0.156 e. The van der Waals surface area contributed by atoms with Gasteiger partial charge in [0.25, 0.3) is 0 Å². The van der Waals surface area contributed by atoms with Crippen molar-refractivity contribution < 1.29 is 4.74 Å². The van der Waals surface area contributed by atoms with E-state index in [0.717, 1.165) is 10.0 Å². The molecule has 0 radical (unpaired) electrons. The SMILES string of the molecule is N#Cc1ncccc1COc1c(N)cccc1Br. The van der Waals surface area contributed by atoms with Crippen molar-refractivity contribution in [2.45, 2.75) is 6.61 Å². The van der Waals surface area contributed by atoms with Gasteiger partial charge in [-0.2, -0.15) is 5.26 Å². The molecular weight excluding hydrogens is 294 g/mol. The highest BCUT2D eigenvalue weighted by Gasteiger charge is 2.08. The van der Waals surface area contributed by atoms with Crippen molar-refractivity contribution in [3.8, 4) is 11.8 Å². The highest BCUT2D eigenvalue weighted by molar-refractivity contribution is 9.10. The molecule has 2 N–H and O–H groups in total. The van der Waals surface area contributed by atoms with Crippen LogP contribution in [0.5, 0.6) is 5.75 Å². The van der Waals surface area contributed by atoms with Crippen molar-refractivity contribution in [1.29, 1.82) is 5.26 Å². The Morgan fingerprint density at radius 2 is 2.17 bits per heavy atom. The van der Waals surface area contributed by atoms with Gasteiger partial charge in [-0.15, -0.1) is 0 Å². The molecular formula is C13H10BrN3O. The van der Waals surface area contributed by atoms with Crippen molar-refractivity contribution in [2.75, 3.05) is 5.73 Å². The second-order valence-corrected chi connectivity index (χ2v) is 4.42. The zero-order chi connectivity index (χ0) is 13.0. The summed E-state index contributed by atoms with van der Waals surface area (Å²) in [7, 11) is 0. The summed E-state index contributed by atoms with van der Waals surface area (Å²) in [5.41, 5.74) is 7.46. The summed E-state index contributed by atoms with van der Waals surface area (Å²) < 4.78 is 6.42. The number of hydrogen-bond acceptors (Lipinski definition) is 4. The maximum Gasteiger partial charge on any atom is 0.156 e. The molecule has 0 bridgehead atoms. The highest BCUT2D eigenvalue weighted by Crippen LogP contribution is 2.31. The molecule has 0 spiro atoms. The van der Waals surface area contributed by atoms with Crippen LogP contribution in [0, 0.1) is 11.3 Å². The third kappa shape index (κ3) is 2.60. The molecule has 4 nitrogen and oxygen atoms in total. The summed E-state index contributed by atoms with van der Waals surface area (Å²) in [4.78, 5) is 3.97. The molecule has 1 aromatic heterocycles. The number of nitrogens with two attached hydrogens (primary N) is 1. The number of nitriles is 1. The second kappa shape index (κ2) is 5.52. The third-order valence-electron chi connectivity index (χ3n) is 2.37. The number of para-hydroxylation sites is 1. The van der Waals surface area contributed by atoms with Crippen molar-refractivity contribution >= 4 is 21.6 Å². The fraction of sp³-hybridized carbons (Fsp3) is 0.0769.